The van der Waals surface area contributed by atoms with Crippen molar-refractivity contribution in [1.29, 1.82) is 0 Å². The average Bonchev–Trinajstić information content (AvgIpc) is 3.47. The SMILES string of the molecule is CC(C)CCN1CCN(C(=O)c2nn(-c3cccc(C(F)(F)F)n3)c3c2CCc2sccc2-3)CC1. The molecule has 0 aromatic carbocycles. The first kappa shape index (κ1) is 24.0. The number of carbonyl (C=O) groups is 1. The Balaban J connectivity index is 1.48. The zero-order valence-electron chi connectivity index (χ0n) is 19.8. The van der Waals surface area contributed by atoms with E-state index in [0.717, 1.165) is 54.5 Å². The van der Waals surface area contributed by atoms with Crippen LogP contribution in [0.25, 0.3) is 17.1 Å². The van der Waals surface area contributed by atoms with Crippen molar-refractivity contribution < 1.29 is 18.0 Å². The number of rotatable bonds is 5. The average molecular weight is 504 g/mol. The van der Waals surface area contributed by atoms with Crippen molar-refractivity contribution >= 4 is 17.2 Å². The summed E-state index contributed by atoms with van der Waals surface area (Å²) in [6, 6.07) is 5.73. The minimum Gasteiger partial charge on any atom is -0.335 e. The second-order valence-corrected chi connectivity index (χ2v) is 10.5. The molecular formula is C25H28F3N5OS. The molecule has 1 saturated heterocycles. The van der Waals surface area contributed by atoms with Gasteiger partial charge in [0.25, 0.3) is 5.91 Å². The van der Waals surface area contributed by atoms with Crippen LogP contribution < -0.4 is 0 Å². The Hall–Kier alpha value is -2.72. The van der Waals surface area contributed by atoms with E-state index < -0.39 is 11.9 Å². The molecule has 2 aliphatic rings. The van der Waals surface area contributed by atoms with E-state index in [4.69, 9.17) is 0 Å². The Morgan fingerprint density at radius 1 is 1.11 bits per heavy atom. The lowest BCUT2D eigenvalue weighted by Crippen LogP contribution is -2.49. The van der Waals surface area contributed by atoms with Crippen molar-refractivity contribution in [2.75, 3.05) is 32.7 Å². The summed E-state index contributed by atoms with van der Waals surface area (Å²) in [6.45, 7) is 8.28. The van der Waals surface area contributed by atoms with Gasteiger partial charge in [0.1, 0.15) is 5.69 Å². The van der Waals surface area contributed by atoms with Crippen LogP contribution in [0.1, 0.15) is 46.9 Å². The number of halogens is 3. The van der Waals surface area contributed by atoms with E-state index in [1.54, 1.807) is 11.3 Å². The van der Waals surface area contributed by atoms with Crippen LogP contribution >= 0.6 is 11.3 Å². The molecule has 0 unspecified atom stereocenters. The third kappa shape index (κ3) is 4.73. The first-order valence-corrected chi connectivity index (χ1v) is 12.8. The monoisotopic (exact) mass is 503 g/mol. The minimum atomic E-state index is -4.56. The molecule has 35 heavy (non-hydrogen) atoms. The lowest BCUT2D eigenvalue weighted by atomic mass is 9.94. The van der Waals surface area contributed by atoms with Crippen molar-refractivity contribution in [2.45, 2.75) is 39.3 Å². The number of piperazine rings is 1. The topological polar surface area (TPSA) is 54.3 Å². The Bertz CT molecular complexity index is 1220. The van der Waals surface area contributed by atoms with Crippen molar-refractivity contribution in [2.24, 2.45) is 5.92 Å². The molecule has 0 radical (unpaired) electrons. The molecule has 1 fully saturated rings. The molecule has 1 amide bonds. The molecule has 0 spiro atoms. The Morgan fingerprint density at radius 3 is 2.60 bits per heavy atom. The van der Waals surface area contributed by atoms with Gasteiger partial charge in [-0.3, -0.25) is 9.69 Å². The normalized spacial score (nSPS) is 16.5. The summed E-state index contributed by atoms with van der Waals surface area (Å²) in [5.41, 5.74) is 1.73. The summed E-state index contributed by atoms with van der Waals surface area (Å²) in [5, 5.41) is 6.57. The van der Waals surface area contributed by atoms with Gasteiger partial charge in [0, 0.05) is 42.2 Å². The number of amides is 1. The highest BCUT2D eigenvalue weighted by atomic mass is 32.1. The first-order valence-electron chi connectivity index (χ1n) is 12.0. The summed E-state index contributed by atoms with van der Waals surface area (Å²) < 4.78 is 41.5. The van der Waals surface area contributed by atoms with E-state index in [9.17, 15) is 18.0 Å². The number of alkyl halides is 3. The predicted octanol–water partition coefficient (Wildman–Crippen LogP) is 4.92. The van der Waals surface area contributed by atoms with Crippen LogP contribution in [-0.4, -0.2) is 63.2 Å². The molecule has 3 aromatic heterocycles. The zero-order valence-corrected chi connectivity index (χ0v) is 20.6. The second kappa shape index (κ2) is 9.39. The van der Waals surface area contributed by atoms with Gasteiger partial charge < -0.3 is 4.90 Å². The standard InChI is InChI=1S/C25H28F3N5OS/c1-16(2)8-10-31-11-13-32(14-12-31)24(34)22-18-6-7-19-17(9-15-35-19)23(18)33(30-22)21-5-3-4-20(29-21)25(26,27)28/h3-5,9,15-16H,6-8,10-14H2,1-2H3. The summed E-state index contributed by atoms with van der Waals surface area (Å²) in [4.78, 5) is 22.8. The van der Waals surface area contributed by atoms with E-state index in [2.05, 4.69) is 28.8 Å². The van der Waals surface area contributed by atoms with Crippen molar-refractivity contribution in [3.05, 3.63) is 51.5 Å². The number of fused-ring (bicyclic) bond motifs is 3. The number of aromatic nitrogens is 3. The van der Waals surface area contributed by atoms with Gasteiger partial charge in [-0.15, -0.1) is 11.3 Å². The Morgan fingerprint density at radius 2 is 1.89 bits per heavy atom. The van der Waals surface area contributed by atoms with E-state index >= 15 is 0 Å². The zero-order chi connectivity index (χ0) is 24.7. The second-order valence-electron chi connectivity index (χ2n) is 9.54. The fourth-order valence-electron chi connectivity index (χ4n) is 4.75. The Kier molecular flexibility index (Phi) is 6.43. The number of pyridine rings is 1. The summed E-state index contributed by atoms with van der Waals surface area (Å²) in [5.74, 6) is 0.540. The molecule has 1 aliphatic heterocycles. The molecule has 4 heterocycles. The van der Waals surface area contributed by atoms with Gasteiger partial charge in [-0.05, 0) is 55.3 Å². The van der Waals surface area contributed by atoms with Gasteiger partial charge in [0.05, 0.1) is 5.69 Å². The maximum atomic E-state index is 13.6. The molecule has 0 bridgehead atoms. The quantitative estimate of drug-likeness (QED) is 0.496. The fourth-order valence-corrected chi connectivity index (χ4v) is 5.63. The third-order valence-corrected chi connectivity index (χ3v) is 7.69. The number of nitrogens with zero attached hydrogens (tertiary/aromatic N) is 5. The molecular weight excluding hydrogens is 475 g/mol. The van der Waals surface area contributed by atoms with Crippen LogP contribution in [0.5, 0.6) is 0 Å². The Labute approximate surface area is 206 Å². The summed E-state index contributed by atoms with van der Waals surface area (Å²) in [6.07, 6.45) is -2.04. The molecule has 1 aliphatic carbocycles. The molecule has 5 rings (SSSR count). The summed E-state index contributed by atoms with van der Waals surface area (Å²) in [7, 11) is 0. The maximum absolute atomic E-state index is 13.6. The van der Waals surface area contributed by atoms with Gasteiger partial charge >= 0.3 is 6.18 Å². The van der Waals surface area contributed by atoms with Crippen LogP contribution in [0.3, 0.4) is 0 Å². The number of thiophene rings is 1. The van der Waals surface area contributed by atoms with Crippen molar-refractivity contribution in [1.82, 2.24) is 24.6 Å². The molecule has 0 N–H and O–H groups in total. The molecule has 0 saturated carbocycles. The highest BCUT2D eigenvalue weighted by Crippen LogP contribution is 2.40. The van der Waals surface area contributed by atoms with Gasteiger partial charge in [-0.1, -0.05) is 19.9 Å². The number of hydrogen-bond acceptors (Lipinski definition) is 5. The van der Waals surface area contributed by atoms with E-state index in [1.807, 2.05) is 16.3 Å². The molecule has 6 nitrogen and oxygen atoms in total. The lowest BCUT2D eigenvalue weighted by molar-refractivity contribution is -0.141. The van der Waals surface area contributed by atoms with Crippen LogP contribution in [0.2, 0.25) is 0 Å². The van der Waals surface area contributed by atoms with Crippen LogP contribution in [0.15, 0.2) is 29.6 Å². The molecule has 10 heteroatoms. The van der Waals surface area contributed by atoms with Crippen molar-refractivity contribution in [3.63, 3.8) is 0 Å². The summed E-state index contributed by atoms with van der Waals surface area (Å²) >= 11 is 1.61. The largest absolute Gasteiger partial charge is 0.433 e. The minimum absolute atomic E-state index is 0.0627. The number of aryl methyl sites for hydroxylation is 1. The fraction of sp³-hybridized carbons (Fsp3) is 0.480. The van der Waals surface area contributed by atoms with Crippen LogP contribution in [0.4, 0.5) is 13.2 Å². The maximum Gasteiger partial charge on any atom is 0.433 e. The van der Waals surface area contributed by atoms with Gasteiger partial charge in [0.15, 0.2) is 11.5 Å². The lowest BCUT2D eigenvalue weighted by Gasteiger charge is -2.34. The van der Waals surface area contributed by atoms with Gasteiger partial charge in [-0.25, -0.2) is 9.67 Å². The van der Waals surface area contributed by atoms with E-state index in [-0.39, 0.29) is 11.7 Å². The number of hydrogen-bond donors (Lipinski definition) is 0. The predicted molar refractivity (Wildman–Crippen MR) is 129 cm³/mol. The first-order chi connectivity index (χ1) is 16.7. The highest BCUT2D eigenvalue weighted by Gasteiger charge is 2.35. The molecule has 0 atom stereocenters. The van der Waals surface area contributed by atoms with Gasteiger partial charge in [0.2, 0.25) is 0 Å². The van der Waals surface area contributed by atoms with E-state index in [1.165, 1.54) is 16.8 Å². The number of carbonyl (C=O) groups excluding carboxylic acids is 1. The van der Waals surface area contributed by atoms with Gasteiger partial charge in [-0.2, -0.15) is 18.3 Å². The van der Waals surface area contributed by atoms with Crippen LogP contribution in [0, 0.1) is 5.92 Å². The molecule has 3 aromatic rings. The van der Waals surface area contributed by atoms with Crippen molar-refractivity contribution in [3.8, 4) is 17.1 Å². The van der Waals surface area contributed by atoms with Crippen LogP contribution in [-0.2, 0) is 19.0 Å². The smallest absolute Gasteiger partial charge is 0.335 e. The third-order valence-electron chi connectivity index (χ3n) is 6.71. The highest BCUT2D eigenvalue weighted by molar-refractivity contribution is 7.10. The molecule has 186 valence electrons. The van der Waals surface area contributed by atoms with E-state index in [0.29, 0.717) is 36.8 Å².